The maximum absolute atomic E-state index is 13.6. The van der Waals surface area contributed by atoms with Gasteiger partial charge in [-0.1, -0.05) is 13.3 Å². The van der Waals surface area contributed by atoms with Crippen LogP contribution in [-0.4, -0.2) is 12.5 Å². The van der Waals surface area contributed by atoms with Crippen LogP contribution in [0.1, 0.15) is 42.1 Å². The number of carbonyl (C=O) groups is 1. The molecule has 98 valence electrons. The van der Waals surface area contributed by atoms with Gasteiger partial charge >= 0.3 is 0 Å². The zero-order valence-corrected chi connectivity index (χ0v) is 10.6. The highest BCUT2D eigenvalue weighted by Crippen LogP contribution is 2.39. The van der Waals surface area contributed by atoms with Crippen molar-refractivity contribution in [3.05, 3.63) is 35.1 Å². The first-order chi connectivity index (χ1) is 8.50. The summed E-state index contributed by atoms with van der Waals surface area (Å²) in [5.74, 6) is -0.825. The number of nitrogens with two attached hydrogens (primary N) is 1. The minimum absolute atomic E-state index is 0.300. The van der Waals surface area contributed by atoms with Crippen molar-refractivity contribution in [3.63, 3.8) is 0 Å². The Kier molecular flexibility index (Phi) is 3.66. The van der Waals surface area contributed by atoms with Crippen LogP contribution in [0.2, 0.25) is 0 Å². The third-order valence-electron chi connectivity index (χ3n) is 3.76. The highest BCUT2D eigenvalue weighted by Gasteiger charge is 2.30. The summed E-state index contributed by atoms with van der Waals surface area (Å²) in [7, 11) is 0. The zero-order chi connectivity index (χ0) is 13.2. The van der Waals surface area contributed by atoms with Gasteiger partial charge in [0.1, 0.15) is 5.82 Å². The second kappa shape index (κ2) is 5.06. The number of rotatable bonds is 5. The normalized spacial score (nSPS) is 17.2. The predicted molar refractivity (Wildman–Crippen MR) is 68.6 cm³/mol. The Morgan fingerprint density at radius 3 is 2.78 bits per heavy atom. The van der Waals surface area contributed by atoms with Crippen LogP contribution >= 0.6 is 0 Å². The molecule has 4 heteroatoms. The molecule has 0 unspecified atom stereocenters. The molecule has 0 saturated heterocycles. The van der Waals surface area contributed by atoms with Crippen LogP contribution < -0.4 is 11.1 Å². The molecule has 1 aliphatic rings. The second-order valence-electron chi connectivity index (χ2n) is 5.44. The van der Waals surface area contributed by atoms with E-state index in [-0.39, 0.29) is 5.82 Å². The molecule has 1 aromatic rings. The summed E-state index contributed by atoms with van der Waals surface area (Å²) in [4.78, 5) is 11.0. The molecule has 0 radical (unpaired) electrons. The molecule has 0 bridgehead atoms. The lowest BCUT2D eigenvalue weighted by molar-refractivity contribution is 0.1000. The first-order valence-corrected chi connectivity index (χ1v) is 6.29. The van der Waals surface area contributed by atoms with Gasteiger partial charge in [-0.15, -0.1) is 0 Å². The lowest BCUT2D eigenvalue weighted by Crippen LogP contribution is -2.37. The number of halogens is 1. The molecule has 2 rings (SSSR count). The molecule has 0 spiro atoms. The number of carbonyl (C=O) groups excluding carboxylic acids is 1. The Bertz CT molecular complexity index is 455. The van der Waals surface area contributed by atoms with E-state index >= 15 is 0 Å². The smallest absolute Gasteiger partial charge is 0.248 e. The van der Waals surface area contributed by atoms with Crippen LogP contribution in [-0.2, 0) is 6.54 Å². The molecule has 0 aromatic heterocycles. The van der Waals surface area contributed by atoms with Gasteiger partial charge < -0.3 is 11.1 Å². The van der Waals surface area contributed by atoms with E-state index in [4.69, 9.17) is 5.73 Å². The van der Waals surface area contributed by atoms with Crippen LogP contribution in [0.25, 0.3) is 0 Å². The van der Waals surface area contributed by atoms with E-state index in [2.05, 4.69) is 12.2 Å². The van der Waals surface area contributed by atoms with Crippen molar-refractivity contribution in [2.45, 2.75) is 32.7 Å². The molecule has 0 aliphatic heterocycles. The average Bonchev–Trinajstić information content (AvgIpc) is 2.29. The van der Waals surface area contributed by atoms with Crippen molar-refractivity contribution in [2.24, 2.45) is 11.1 Å². The van der Waals surface area contributed by atoms with Crippen LogP contribution in [0.5, 0.6) is 0 Å². The minimum Gasteiger partial charge on any atom is -0.366 e. The molecule has 1 saturated carbocycles. The van der Waals surface area contributed by atoms with Crippen molar-refractivity contribution >= 4 is 5.91 Å². The fourth-order valence-electron chi connectivity index (χ4n) is 2.32. The van der Waals surface area contributed by atoms with Crippen molar-refractivity contribution in [1.82, 2.24) is 5.32 Å². The van der Waals surface area contributed by atoms with Gasteiger partial charge in [-0.25, -0.2) is 4.39 Å². The van der Waals surface area contributed by atoms with Crippen molar-refractivity contribution in [1.29, 1.82) is 0 Å². The minimum atomic E-state index is -0.526. The molecular weight excluding hydrogens is 231 g/mol. The molecule has 1 fully saturated rings. The van der Waals surface area contributed by atoms with Gasteiger partial charge in [0, 0.05) is 24.2 Å². The van der Waals surface area contributed by atoms with E-state index in [0.29, 0.717) is 23.1 Å². The van der Waals surface area contributed by atoms with E-state index in [1.165, 1.54) is 37.5 Å². The van der Waals surface area contributed by atoms with Gasteiger partial charge in [0.05, 0.1) is 0 Å². The quantitative estimate of drug-likeness (QED) is 0.841. The van der Waals surface area contributed by atoms with Gasteiger partial charge in [0.2, 0.25) is 5.91 Å². The monoisotopic (exact) mass is 250 g/mol. The average molecular weight is 250 g/mol. The number of hydrogen-bond donors (Lipinski definition) is 2. The van der Waals surface area contributed by atoms with Gasteiger partial charge in [-0.3, -0.25) is 4.79 Å². The predicted octanol–water partition coefficient (Wildman–Crippen LogP) is 2.20. The van der Waals surface area contributed by atoms with Crippen LogP contribution in [0.3, 0.4) is 0 Å². The third kappa shape index (κ3) is 2.88. The summed E-state index contributed by atoms with van der Waals surface area (Å²) in [6.07, 6.45) is 3.73. The Labute approximate surface area is 107 Å². The van der Waals surface area contributed by atoms with E-state index in [1.807, 2.05) is 0 Å². The molecule has 0 atom stereocenters. The van der Waals surface area contributed by atoms with Gasteiger partial charge in [0.25, 0.3) is 0 Å². The summed E-state index contributed by atoms with van der Waals surface area (Å²) in [6, 6.07) is 4.23. The Morgan fingerprint density at radius 2 is 2.22 bits per heavy atom. The zero-order valence-electron chi connectivity index (χ0n) is 10.6. The number of primary amides is 1. The SMILES string of the molecule is CC1(CNCc2cc(C(N)=O)ccc2F)CCC1. The van der Waals surface area contributed by atoms with Crippen LogP contribution in [0.15, 0.2) is 18.2 Å². The number of nitrogens with one attached hydrogen (secondary N) is 1. The van der Waals surface area contributed by atoms with Crippen molar-refractivity contribution < 1.29 is 9.18 Å². The number of hydrogen-bond acceptors (Lipinski definition) is 2. The highest BCUT2D eigenvalue weighted by molar-refractivity contribution is 5.92. The first kappa shape index (κ1) is 13.0. The second-order valence-corrected chi connectivity index (χ2v) is 5.44. The molecule has 1 aliphatic carbocycles. The van der Waals surface area contributed by atoms with Gasteiger partial charge in [0.15, 0.2) is 0 Å². The lowest BCUT2D eigenvalue weighted by Gasteiger charge is -2.38. The van der Waals surface area contributed by atoms with E-state index in [0.717, 1.165) is 6.54 Å². The molecule has 18 heavy (non-hydrogen) atoms. The topological polar surface area (TPSA) is 55.1 Å². The molecule has 3 N–H and O–H groups in total. The lowest BCUT2D eigenvalue weighted by atomic mass is 9.70. The Balaban J connectivity index is 1.95. The molecular formula is C14H19FN2O. The molecule has 1 amide bonds. The summed E-state index contributed by atoms with van der Waals surface area (Å²) >= 11 is 0. The largest absolute Gasteiger partial charge is 0.366 e. The molecule has 3 nitrogen and oxygen atoms in total. The van der Waals surface area contributed by atoms with Gasteiger partial charge in [-0.2, -0.15) is 0 Å². The third-order valence-corrected chi connectivity index (χ3v) is 3.76. The highest BCUT2D eigenvalue weighted by atomic mass is 19.1. The fourth-order valence-corrected chi connectivity index (χ4v) is 2.32. The van der Waals surface area contributed by atoms with Crippen LogP contribution in [0, 0.1) is 11.2 Å². The summed E-state index contributed by atoms with van der Waals surface area (Å²) in [5.41, 5.74) is 6.38. The summed E-state index contributed by atoms with van der Waals surface area (Å²) in [5, 5.41) is 3.26. The van der Waals surface area contributed by atoms with Crippen molar-refractivity contribution in [2.75, 3.05) is 6.54 Å². The summed E-state index contributed by atoms with van der Waals surface area (Å²) < 4.78 is 13.6. The standard InChI is InChI=1S/C14H19FN2O/c1-14(5-2-6-14)9-17-8-11-7-10(13(16)18)3-4-12(11)15/h3-4,7,17H,2,5-6,8-9H2,1H3,(H2,16,18). The first-order valence-electron chi connectivity index (χ1n) is 6.29. The fraction of sp³-hybridized carbons (Fsp3) is 0.500. The Morgan fingerprint density at radius 1 is 1.50 bits per heavy atom. The van der Waals surface area contributed by atoms with Gasteiger partial charge in [-0.05, 0) is 36.5 Å². The Hall–Kier alpha value is -1.42. The molecule has 1 aromatic carbocycles. The summed E-state index contributed by atoms with van der Waals surface area (Å²) in [6.45, 7) is 3.55. The maximum Gasteiger partial charge on any atom is 0.248 e. The van der Waals surface area contributed by atoms with Crippen molar-refractivity contribution in [3.8, 4) is 0 Å². The van der Waals surface area contributed by atoms with E-state index < -0.39 is 5.91 Å². The maximum atomic E-state index is 13.6. The molecule has 0 heterocycles. The number of amides is 1. The van der Waals surface area contributed by atoms with E-state index in [9.17, 15) is 9.18 Å². The number of benzene rings is 1. The van der Waals surface area contributed by atoms with Crippen LogP contribution in [0.4, 0.5) is 4.39 Å². The van der Waals surface area contributed by atoms with E-state index in [1.54, 1.807) is 0 Å².